The minimum atomic E-state index is 0.880. The standard InChI is InChI=1S/C15H24/c1-13-7-4-9-14(2)11-6-12-15(3)10-5-8-13/h4,7-9,15H,5-6,10-12H2,1-3H3/b7-4?,13-8?,14-9-. The van der Waals surface area contributed by atoms with Crippen LogP contribution in [0.15, 0.2) is 35.5 Å². The molecule has 1 aliphatic carbocycles. The lowest BCUT2D eigenvalue weighted by Gasteiger charge is -2.10. The molecule has 0 fully saturated rings. The first kappa shape index (κ1) is 12.3. The average molecular weight is 204 g/mol. The maximum atomic E-state index is 2.38. The molecule has 1 rings (SSSR count). The number of hydrogen-bond donors (Lipinski definition) is 0. The van der Waals surface area contributed by atoms with Crippen LogP contribution in [0.2, 0.25) is 0 Å². The molecular formula is C15H24. The van der Waals surface area contributed by atoms with Gasteiger partial charge in [0, 0.05) is 0 Å². The third-order valence-electron chi connectivity index (χ3n) is 3.13. The van der Waals surface area contributed by atoms with Crippen molar-refractivity contribution in [2.75, 3.05) is 0 Å². The van der Waals surface area contributed by atoms with Crippen LogP contribution in [0.5, 0.6) is 0 Å². The van der Waals surface area contributed by atoms with Gasteiger partial charge in [0.1, 0.15) is 0 Å². The first-order chi connectivity index (χ1) is 7.18. The zero-order chi connectivity index (χ0) is 11.1. The van der Waals surface area contributed by atoms with E-state index < -0.39 is 0 Å². The Morgan fingerprint density at radius 3 is 2.80 bits per heavy atom. The van der Waals surface area contributed by atoms with Crippen molar-refractivity contribution in [3.8, 4) is 0 Å². The van der Waals surface area contributed by atoms with E-state index in [1.807, 2.05) is 0 Å². The van der Waals surface area contributed by atoms with E-state index in [4.69, 9.17) is 0 Å². The Hall–Kier alpha value is -0.780. The van der Waals surface area contributed by atoms with Crippen molar-refractivity contribution in [1.82, 2.24) is 0 Å². The summed E-state index contributed by atoms with van der Waals surface area (Å²) >= 11 is 0. The fraction of sp³-hybridized carbons (Fsp3) is 0.600. The molecule has 15 heavy (non-hydrogen) atoms. The minimum absolute atomic E-state index is 0.880. The smallest absolute Gasteiger partial charge is 0.0320 e. The molecule has 0 aromatic heterocycles. The molecule has 0 saturated carbocycles. The summed E-state index contributed by atoms with van der Waals surface area (Å²) in [4.78, 5) is 0. The van der Waals surface area contributed by atoms with Crippen LogP contribution in [-0.2, 0) is 0 Å². The second kappa shape index (κ2) is 6.66. The lowest BCUT2D eigenvalue weighted by Crippen LogP contribution is -1.94. The van der Waals surface area contributed by atoms with Gasteiger partial charge >= 0.3 is 0 Å². The van der Waals surface area contributed by atoms with Crippen LogP contribution in [0.4, 0.5) is 0 Å². The van der Waals surface area contributed by atoms with Crippen LogP contribution in [0.25, 0.3) is 0 Å². The Morgan fingerprint density at radius 2 is 2.00 bits per heavy atom. The Bertz CT molecular complexity index is 266. The molecule has 1 atom stereocenters. The summed E-state index contributed by atoms with van der Waals surface area (Å²) in [6.45, 7) is 6.81. The minimum Gasteiger partial charge on any atom is -0.0816 e. The fourth-order valence-electron chi connectivity index (χ4n) is 1.98. The van der Waals surface area contributed by atoms with Gasteiger partial charge in [-0.1, -0.05) is 48.8 Å². The van der Waals surface area contributed by atoms with E-state index in [0.717, 1.165) is 5.92 Å². The van der Waals surface area contributed by atoms with Gasteiger partial charge in [0.05, 0.1) is 0 Å². The van der Waals surface area contributed by atoms with Crippen molar-refractivity contribution in [2.24, 2.45) is 5.92 Å². The van der Waals surface area contributed by atoms with Crippen molar-refractivity contribution in [3.63, 3.8) is 0 Å². The number of allylic oxidation sites excluding steroid dienone is 6. The normalized spacial score (nSPS) is 28.3. The zero-order valence-corrected chi connectivity index (χ0v) is 10.4. The van der Waals surface area contributed by atoms with Gasteiger partial charge in [-0.05, 0) is 45.4 Å². The summed E-state index contributed by atoms with van der Waals surface area (Å²) in [5, 5.41) is 0. The topological polar surface area (TPSA) is 0 Å². The molecule has 0 spiro atoms. The molecule has 0 N–H and O–H groups in total. The van der Waals surface area contributed by atoms with E-state index in [-0.39, 0.29) is 0 Å². The molecule has 0 amide bonds. The Labute approximate surface area is 94.8 Å². The first-order valence-corrected chi connectivity index (χ1v) is 6.19. The van der Waals surface area contributed by atoms with E-state index in [2.05, 4.69) is 45.1 Å². The molecule has 0 radical (unpaired) electrons. The highest BCUT2D eigenvalue weighted by atomic mass is 14.1. The van der Waals surface area contributed by atoms with Gasteiger partial charge in [0.2, 0.25) is 0 Å². The molecule has 0 aromatic carbocycles. The summed E-state index contributed by atoms with van der Waals surface area (Å²) < 4.78 is 0. The second-order valence-electron chi connectivity index (χ2n) is 4.90. The summed E-state index contributed by atoms with van der Waals surface area (Å²) in [5.74, 6) is 0.880. The van der Waals surface area contributed by atoms with Gasteiger partial charge in [-0.2, -0.15) is 0 Å². The Morgan fingerprint density at radius 1 is 1.20 bits per heavy atom. The Balaban J connectivity index is 2.64. The Kier molecular flexibility index (Phi) is 5.45. The van der Waals surface area contributed by atoms with Crippen LogP contribution >= 0.6 is 0 Å². The maximum absolute atomic E-state index is 2.38. The summed E-state index contributed by atoms with van der Waals surface area (Å²) in [6, 6.07) is 0. The van der Waals surface area contributed by atoms with Crippen molar-refractivity contribution in [1.29, 1.82) is 0 Å². The number of rotatable bonds is 0. The van der Waals surface area contributed by atoms with Crippen molar-refractivity contribution >= 4 is 0 Å². The van der Waals surface area contributed by atoms with Crippen molar-refractivity contribution in [2.45, 2.75) is 52.9 Å². The number of hydrogen-bond acceptors (Lipinski definition) is 0. The van der Waals surface area contributed by atoms with E-state index in [1.165, 1.54) is 43.3 Å². The van der Waals surface area contributed by atoms with Crippen LogP contribution in [0.3, 0.4) is 0 Å². The van der Waals surface area contributed by atoms with E-state index in [0.29, 0.717) is 0 Å². The highest BCUT2D eigenvalue weighted by Crippen LogP contribution is 2.18. The quantitative estimate of drug-likeness (QED) is 0.519. The highest BCUT2D eigenvalue weighted by Gasteiger charge is 2.01. The lowest BCUT2D eigenvalue weighted by atomic mass is 9.96. The van der Waals surface area contributed by atoms with E-state index in [9.17, 15) is 0 Å². The fourth-order valence-corrected chi connectivity index (χ4v) is 1.98. The van der Waals surface area contributed by atoms with Crippen molar-refractivity contribution in [3.05, 3.63) is 35.5 Å². The van der Waals surface area contributed by atoms with Crippen LogP contribution in [-0.4, -0.2) is 0 Å². The molecule has 84 valence electrons. The van der Waals surface area contributed by atoms with Crippen LogP contribution in [0, 0.1) is 5.92 Å². The molecular weight excluding hydrogens is 180 g/mol. The molecule has 1 aliphatic rings. The maximum Gasteiger partial charge on any atom is -0.0320 e. The molecule has 0 nitrogen and oxygen atoms in total. The second-order valence-corrected chi connectivity index (χ2v) is 4.90. The monoisotopic (exact) mass is 204 g/mol. The van der Waals surface area contributed by atoms with Crippen molar-refractivity contribution < 1.29 is 0 Å². The van der Waals surface area contributed by atoms with Gasteiger partial charge in [0.15, 0.2) is 0 Å². The molecule has 0 heteroatoms. The third-order valence-corrected chi connectivity index (χ3v) is 3.13. The average Bonchev–Trinajstić information content (AvgIpc) is 2.16. The van der Waals surface area contributed by atoms with E-state index >= 15 is 0 Å². The molecule has 0 aliphatic heterocycles. The zero-order valence-electron chi connectivity index (χ0n) is 10.4. The lowest BCUT2D eigenvalue weighted by molar-refractivity contribution is 0.478. The molecule has 0 bridgehead atoms. The predicted molar refractivity (Wildman–Crippen MR) is 68.9 cm³/mol. The molecule has 0 aromatic rings. The third kappa shape index (κ3) is 5.61. The largest absolute Gasteiger partial charge is 0.0816 e. The first-order valence-electron chi connectivity index (χ1n) is 6.19. The predicted octanol–water partition coefficient (Wildman–Crippen LogP) is 5.04. The summed E-state index contributed by atoms with van der Waals surface area (Å²) in [5.41, 5.74) is 2.90. The van der Waals surface area contributed by atoms with Gasteiger partial charge in [-0.25, -0.2) is 0 Å². The molecule has 0 heterocycles. The summed E-state index contributed by atoms with van der Waals surface area (Å²) in [6.07, 6.45) is 15.6. The van der Waals surface area contributed by atoms with Gasteiger partial charge in [-0.3, -0.25) is 0 Å². The molecule has 1 unspecified atom stereocenters. The summed E-state index contributed by atoms with van der Waals surface area (Å²) in [7, 11) is 0. The van der Waals surface area contributed by atoms with E-state index in [1.54, 1.807) is 0 Å². The highest BCUT2D eigenvalue weighted by molar-refractivity contribution is 5.22. The SMILES string of the molecule is CC1=CCCC(C)CCC/C(C)=C\C=C1. The van der Waals surface area contributed by atoms with Gasteiger partial charge in [0.25, 0.3) is 0 Å². The van der Waals surface area contributed by atoms with Crippen LogP contribution < -0.4 is 0 Å². The van der Waals surface area contributed by atoms with Gasteiger partial charge in [-0.15, -0.1) is 0 Å². The van der Waals surface area contributed by atoms with Crippen LogP contribution in [0.1, 0.15) is 52.9 Å². The van der Waals surface area contributed by atoms with Gasteiger partial charge < -0.3 is 0 Å². The molecule has 0 saturated heterocycles.